The molecule has 0 atom stereocenters. The predicted molar refractivity (Wildman–Crippen MR) is 92.4 cm³/mol. The fraction of sp³-hybridized carbons (Fsp3) is 0.353. The van der Waals surface area contributed by atoms with Crippen molar-refractivity contribution in [1.29, 1.82) is 0 Å². The number of hydrogen-bond acceptors (Lipinski definition) is 4. The molecule has 1 aliphatic rings. The number of anilines is 2. The van der Waals surface area contributed by atoms with E-state index < -0.39 is 0 Å². The molecule has 0 radical (unpaired) electrons. The van der Waals surface area contributed by atoms with E-state index in [4.69, 9.17) is 11.6 Å². The first-order valence-corrected chi connectivity index (χ1v) is 8.25. The maximum atomic E-state index is 6.09. The summed E-state index contributed by atoms with van der Waals surface area (Å²) < 4.78 is 1.90. The lowest BCUT2D eigenvalue weighted by molar-refractivity contribution is 0.664. The molecule has 0 fully saturated rings. The van der Waals surface area contributed by atoms with Crippen LogP contribution in [0.2, 0.25) is 5.28 Å². The van der Waals surface area contributed by atoms with Crippen LogP contribution in [0.3, 0.4) is 0 Å². The Morgan fingerprint density at radius 1 is 1.17 bits per heavy atom. The number of aryl methyl sites for hydroxylation is 3. The number of nitrogens with one attached hydrogen (secondary N) is 1. The summed E-state index contributed by atoms with van der Waals surface area (Å²) in [6, 6.07) is 6.20. The van der Waals surface area contributed by atoms with Gasteiger partial charge in [0.15, 0.2) is 0 Å². The second-order valence-electron chi connectivity index (χ2n) is 6.04. The molecule has 0 aliphatic heterocycles. The van der Waals surface area contributed by atoms with Crippen LogP contribution in [0.25, 0.3) is 10.9 Å². The summed E-state index contributed by atoms with van der Waals surface area (Å²) in [7, 11) is 1.96. The van der Waals surface area contributed by atoms with Crippen LogP contribution in [0.15, 0.2) is 18.2 Å². The normalized spacial score (nSPS) is 14.0. The van der Waals surface area contributed by atoms with E-state index in [0.717, 1.165) is 41.3 Å². The van der Waals surface area contributed by atoms with Gasteiger partial charge in [-0.05, 0) is 62.4 Å². The minimum atomic E-state index is 0.308. The number of hydrogen-bond donors (Lipinski definition) is 1. The molecule has 1 aromatic carbocycles. The van der Waals surface area contributed by atoms with Gasteiger partial charge in [0.25, 0.3) is 0 Å². The quantitative estimate of drug-likeness (QED) is 0.724. The van der Waals surface area contributed by atoms with Crippen LogP contribution in [-0.2, 0) is 19.9 Å². The van der Waals surface area contributed by atoms with Gasteiger partial charge >= 0.3 is 0 Å². The molecule has 0 amide bonds. The van der Waals surface area contributed by atoms with Crippen molar-refractivity contribution >= 4 is 34.0 Å². The van der Waals surface area contributed by atoms with Crippen LogP contribution >= 0.6 is 11.6 Å². The zero-order valence-corrected chi connectivity index (χ0v) is 14.0. The highest BCUT2D eigenvalue weighted by Gasteiger charge is 2.17. The van der Waals surface area contributed by atoms with E-state index in [0.29, 0.717) is 5.28 Å². The molecule has 1 aliphatic carbocycles. The molecule has 2 heterocycles. The summed E-state index contributed by atoms with van der Waals surface area (Å²) in [5.41, 5.74) is 5.38. The van der Waals surface area contributed by atoms with E-state index in [1.54, 1.807) is 0 Å². The molecular formula is C17H18ClN5. The second kappa shape index (κ2) is 5.49. The van der Waals surface area contributed by atoms with E-state index in [-0.39, 0.29) is 0 Å². The number of rotatable bonds is 2. The van der Waals surface area contributed by atoms with E-state index in [1.807, 2.05) is 17.8 Å². The van der Waals surface area contributed by atoms with Gasteiger partial charge in [-0.1, -0.05) is 0 Å². The highest BCUT2D eigenvalue weighted by atomic mass is 35.5. The Morgan fingerprint density at radius 3 is 2.87 bits per heavy atom. The predicted octanol–water partition coefficient (Wildman–Crippen LogP) is 3.95. The Bertz CT molecular complexity index is 900. The molecule has 3 aromatic rings. The monoisotopic (exact) mass is 327 g/mol. The molecule has 4 rings (SSSR count). The van der Waals surface area contributed by atoms with Crippen LogP contribution in [0.5, 0.6) is 0 Å². The summed E-state index contributed by atoms with van der Waals surface area (Å²) in [4.78, 5) is 8.78. The minimum Gasteiger partial charge on any atom is -0.340 e. The van der Waals surface area contributed by atoms with Crippen LogP contribution in [0.4, 0.5) is 11.5 Å². The van der Waals surface area contributed by atoms with Crippen LogP contribution in [0, 0.1) is 6.92 Å². The molecule has 0 unspecified atom stereocenters. The Morgan fingerprint density at radius 2 is 2.00 bits per heavy atom. The van der Waals surface area contributed by atoms with Crippen molar-refractivity contribution in [1.82, 2.24) is 19.7 Å². The summed E-state index contributed by atoms with van der Waals surface area (Å²) in [6.45, 7) is 2.07. The zero-order valence-electron chi connectivity index (χ0n) is 13.2. The van der Waals surface area contributed by atoms with Crippen molar-refractivity contribution in [2.24, 2.45) is 7.05 Å². The second-order valence-corrected chi connectivity index (χ2v) is 6.38. The van der Waals surface area contributed by atoms with Gasteiger partial charge in [-0.15, -0.1) is 0 Å². The van der Waals surface area contributed by atoms with Gasteiger partial charge in [-0.3, -0.25) is 4.68 Å². The lowest BCUT2D eigenvalue weighted by Gasteiger charge is -2.18. The summed E-state index contributed by atoms with van der Waals surface area (Å²) in [5.74, 6) is 0.826. The van der Waals surface area contributed by atoms with Crippen molar-refractivity contribution in [3.05, 3.63) is 40.4 Å². The van der Waals surface area contributed by atoms with E-state index >= 15 is 0 Å². The first-order chi connectivity index (χ1) is 11.1. The van der Waals surface area contributed by atoms with Crippen molar-refractivity contribution in [2.45, 2.75) is 32.6 Å². The van der Waals surface area contributed by atoms with Crippen LogP contribution in [-0.4, -0.2) is 19.7 Å². The van der Waals surface area contributed by atoms with Gasteiger partial charge in [0.1, 0.15) is 5.82 Å². The third-order valence-electron chi connectivity index (χ3n) is 4.55. The Labute approximate surface area is 139 Å². The molecule has 6 heteroatoms. The maximum Gasteiger partial charge on any atom is 0.224 e. The van der Waals surface area contributed by atoms with Gasteiger partial charge in [-0.2, -0.15) is 5.10 Å². The smallest absolute Gasteiger partial charge is 0.224 e. The lowest BCUT2D eigenvalue weighted by Crippen LogP contribution is -2.10. The Hall–Kier alpha value is -2.14. The number of fused-ring (bicyclic) bond motifs is 2. The zero-order chi connectivity index (χ0) is 16.0. The van der Waals surface area contributed by atoms with E-state index in [2.05, 4.69) is 39.4 Å². The molecule has 0 bridgehead atoms. The van der Waals surface area contributed by atoms with Gasteiger partial charge < -0.3 is 5.32 Å². The molecule has 118 valence electrons. The summed E-state index contributed by atoms with van der Waals surface area (Å²) in [6.07, 6.45) is 4.31. The molecular weight excluding hydrogens is 310 g/mol. The number of benzene rings is 1. The van der Waals surface area contributed by atoms with Crippen LogP contribution < -0.4 is 5.32 Å². The third kappa shape index (κ3) is 2.55. The highest BCUT2D eigenvalue weighted by molar-refractivity contribution is 6.28. The van der Waals surface area contributed by atoms with Crippen molar-refractivity contribution in [3.63, 3.8) is 0 Å². The fourth-order valence-electron chi connectivity index (χ4n) is 3.21. The molecule has 0 spiro atoms. The summed E-state index contributed by atoms with van der Waals surface area (Å²) >= 11 is 6.09. The van der Waals surface area contributed by atoms with E-state index in [1.165, 1.54) is 23.8 Å². The number of aromatic nitrogens is 4. The minimum absolute atomic E-state index is 0.308. The largest absolute Gasteiger partial charge is 0.340 e. The molecule has 5 nitrogen and oxygen atoms in total. The van der Waals surface area contributed by atoms with Gasteiger partial charge in [0, 0.05) is 29.4 Å². The highest BCUT2D eigenvalue weighted by Crippen LogP contribution is 2.30. The first kappa shape index (κ1) is 14.5. The molecule has 23 heavy (non-hydrogen) atoms. The van der Waals surface area contributed by atoms with E-state index in [9.17, 15) is 0 Å². The lowest BCUT2D eigenvalue weighted by atomic mass is 9.96. The standard InChI is InChI=1S/C17H18ClN5/c1-10-12-8-7-11(9-15(12)22-23(10)2)19-16-13-5-3-4-6-14(13)20-17(18)21-16/h7-9H,3-6H2,1-2H3,(H,19,20,21). The topological polar surface area (TPSA) is 55.6 Å². The van der Waals surface area contributed by atoms with Crippen molar-refractivity contribution < 1.29 is 0 Å². The summed E-state index contributed by atoms with van der Waals surface area (Å²) in [5, 5.41) is 9.42. The third-order valence-corrected chi connectivity index (χ3v) is 4.72. The Balaban J connectivity index is 1.74. The molecule has 0 saturated carbocycles. The SMILES string of the molecule is Cc1c2ccc(Nc3nc(Cl)nc4c3CCCC4)cc2nn1C. The van der Waals surface area contributed by atoms with Gasteiger partial charge in [0.2, 0.25) is 5.28 Å². The first-order valence-electron chi connectivity index (χ1n) is 7.87. The van der Waals surface area contributed by atoms with Crippen molar-refractivity contribution in [3.8, 4) is 0 Å². The van der Waals surface area contributed by atoms with Gasteiger partial charge in [-0.25, -0.2) is 9.97 Å². The van der Waals surface area contributed by atoms with Crippen LogP contribution in [0.1, 0.15) is 29.8 Å². The Kier molecular flexibility index (Phi) is 3.45. The average Bonchev–Trinajstić information content (AvgIpc) is 2.81. The molecule has 1 N–H and O–H groups in total. The molecule has 2 aromatic heterocycles. The molecule has 0 saturated heterocycles. The number of nitrogens with zero attached hydrogens (tertiary/aromatic N) is 4. The maximum absolute atomic E-state index is 6.09. The fourth-order valence-corrected chi connectivity index (χ4v) is 3.40. The number of halogens is 1. The average molecular weight is 328 g/mol. The van der Waals surface area contributed by atoms with Gasteiger partial charge in [0.05, 0.1) is 11.2 Å². The van der Waals surface area contributed by atoms with Crippen molar-refractivity contribution in [2.75, 3.05) is 5.32 Å².